The molecule has 0 radical (unpaired) electrons. The van der Waals surface area contributed by atoms with Gasteiger partial charge in [0.2, 0.25) is 0 Å². The summed E-state index contributed by atoms with van der Waals surface area (Å²) in [6.07, 6.45) is 2.97. The zero-order chi connectivity index (χ0) is 9.97. The van der Waals surface area contributed by atoms with Gasteiger partial charge in [0.05, 0.1) is 6.10 Å². The first-order valence-corrected chi connectivity index (χ1v) is 5.96. The molecule has 0 unspecified atom stereocenters. The molecule has 0 bridgehead atoms. The molecule has 0 aromatic carbocycles. The zero-order valence-electron chi connectivity index (χ0n) is 7.98. The number of Topliss-reactive ketones (excluding diaryl/α,β-unsaturated/α-hetero) is 1. The second kappa shape index (κ2) is 4.24. The monoisotopic (exact) mass is 210 g/mol. The average Bonchev–Trinajstić information content (AvgIpc) is 2.70. The van der Waals surface area contributed by atoms with E-state index in [-0.39, 0.29) is 11.7 Å². The van der Waals surface area contributed by atoms with E-state index in [1.807, 2.05) is 16.8 Å². The normalized spacial score (nSPS) is 24.9. The van der Waals surface area contributed by atoms with Crippen LogP contribution in [0.2, 0.25) is 0 Å². The lowest BCUT2D eigenvalue weighted by atomic mass is 9.82. The summed E-state index contributed by atoms with van der Waals surface area (Å²) in [5.41, 5.74) is 0.898. The van der Waals surface area contributed by atoms with Gasteiger partial charge in [-0.25, -0.2) is 0 Å². The SMILES string of the molecule is O=C1CCCC[C@H]1[C@@H](O)c1ccsc1. The van der Waals surface area contributed by atoms with Gasteiger partial charge in [-0.1, -0.05) is 6.42 Å². The first kappa shape index (κ1) is 9.87. The van der Waals surface area contributed by atoms with Crippen molar-refractivity contribution in [3.8, 4) is 0 Å². The van der Waals surface area contributed by atoms with Crippen molar-refractivity contribution in [2.75, 3.05) is 0 Å². The molecule has 76 valence electrons. The maximum absolute atomic E-state index is 11.6. The van der Waals surface area contributed by atoms with Crippen LogP contribution in [0.1, 0.15) is 37.4 Å². The second-order valence-electron chi connectivity index (χ2n) is 3.82. The fourth-order valence-electron chi connectivity index (χ4n) is 2.02. The molecule has 14 heavy (non-hydrogen) atoms. The molecule has 1 aromatic heterocycles. The van der Waals surface area contributed by atoms with Crippen LogP contribution in [0.25, 0.3) is 0 Å². The summed E-state index contributed by atoms with van der Waals surface area (Å²) in [5, 5.41) is 13.8. The molecule has 3 heteroatoms. The number of hydrogen-bond donors (Lipinski definition) is 1. The van der Waals surface area contributed by atoms with Gasteiger partial charge in [-0.2, -0.15) is 11.3 Å². The molecule has 1 N–H and O–H groups in total. The summed E-state index contributed by atoms with van der Waals surface area (Å²) >= 11 is 1.56. The van der Waals surface area contributed by atoms with Crippen LogP contribution < -0.4 is 0 Å². The summed E-state index contributed by atoms with van der Waals surface area (Å²) in [4.78, 5) is 11.6. The Balaban J connectivity index is 2.10. The highest BCUT2D eigenvalue weighted by atomic mass is 32.1. The number of hydrogen-bond acceptors (Lipinski definition) is 3. The van der Waals surface area contributed by atoms with Crippen molar-refractivity contribution in [2.24, 2.45) is 5.92 Å². The predicted octanol–water partition coefficient (Wildman–Crippen LogP) is 2.54. The molecule has 0 amide bonds. The van der Waals surface area contributed by atoms with Crippen molar-refractivity contribution in [2.45, 2.75) is 31.8 Å². The van der Waals surface area contributed by atoms with Crippen molar-refractivity contribution in [1.29, 1.82) is 0 Å². The van der Waals surface area contributed by atoms with Gasteiger partial charge in [-0.05, 0) is 35.2 Å². The highest BCUT2D eigenvalue weighted by molar-refractivity contribution is 7.07. The van der Waals surface area contributed by atoms with Gasteiger partial charge in [0, 0.05) is 12.3 Å². The predicted molar refractivity (Wildman–Crippen MR) is 56.2 cm³/mol. The minimum absolute atomic E-state index is 0.154. The summed E-state index contributed by atoms with van der Waals surface area (Å²) in [7, 11) is 0. The van der Waals surface area contributed by atoms with Gasteiger partial charge < -0.3 is 5.11 Å². The number of aliphatic hydroxyl groups excluding tert-OH is 1. The van der Waals surface area contributed by atoms with Crippen molar-refractivity contribution < 1.29 is 9.90 Å². The lowest BCUT2D eigenvalue weighted by Gasteiger charge is -2.24. The van der Waals surface area contributed by atoms with Crippen molar-refractivity contribution in [3.05, 3.63) is 22.4 Å². The largest absolute Gasteiger partial charge is 0.388 e. The van der Waals surface area contributed by atoms with Crippen LogP contribution in [0.3, 0.4) is 0 Å². The van der Waals surface area contributed by atoms with Crippen molar-refractivity contribution in [3.63, 3.8) is 0 Å². The fourth-order valence-corrected chi connectivity index (χ4v) is 2.71. The number of thiophene rings is 1. The number of carbonyl (C=O) groups is 1. The molecule has 1 saturated carbocycles. The summed E-state index contributed by atoms with van der Waals surface area (Å²) in [5.74, 6) is 0.0771. The number of aliphatic hydroxyl groups is 1. The van der Waals surface area contributed by atoms with Gasteiger partial charge >= 0.3 is 0 Å². The molecule has 1 aliphatic carbocycles. The third kappa shape index (κ3) is 1.88. The van der Waals surface area contributed by atoms with Crippen LogP contribution >= 0.6 is 11.3 Å². The van der Waals surface area contributed by atoms with Gasteiger partial charge in [0.1, 0.15) is 5.78 Å². The van der Waals surface area contributed by atoms with E-state index in [4.69, 9.17) is 0 Å². The number of carbonyl (C=O) groups excluding carboxylic acids is 1. The highest BCUT2D eigenvalue weighted by Gasteiger charge is 2.29. The minimum atomic E-state index is -0.575. The average molecular weight is 210 g/mol. The lowest BCUT2D eigenvalue weighted by molar-refractivity contribution is -0.128. The van der Waals surface area contributed by atoms with Crippen molar-refractivity contribution in [1.82, 2.24) is 0 Å². The molecule has 2 rings (SSSR count). The van der Waals surface area contributed by atoms with Crippen LogP contribution in [-0.4, -0.2) is 10.9 Å². The third-order valence-corrected chi connectivity index (χ3v) is 3.57. The molecule has 0 aliphatic heterocycles. The van der Waals surface area contributed by atoms with Gasteiger partial charge in [-0.15, -0.1) is 0 Å². The smallest absolute Gasteiger partial charge is 0.138 e. The summed E-state index contributed by atoms with van der Waals surface area (Å²) in [6, 6.07) is 1.90. The van der Waals surface area contributed by atoms with E-state index in [0.717, 1.165) is 24.8 Å². The summed E-state index contributed by atoms with van der Waals surface area (Å²) in [6.45, 7) is 0. The zero-order valence-corrected chi connectivity index (χ0v) is 8.80. The molecule has 1 aliphatic rings. The maximum Gasteiger partial charge on any atom is 0.138 e. The van der Waals surface area contributed by atoms with E-state index < -0.39 is 6.10 Å². The first-order chi connectivity index (χ1) is 6.79. The highest BCUT2D eigenvalue weighted by Crippen LogP contribution is 2.32. The molecule has 0 saturated heterocycles. The molecule has 1 heterocycles. The van der Waals surface area contributed by atoms with E-state index in [9.17, 15) is 9.90 Å². The maximum atomic E-state index is 11.6. The molecular formula is C11H14O2S. The quantitative estimate of drug-likeness (QED) is 0.814. The molecule has 2 atom stereocenters. The van der Waals surface area contributed by atoms with E-state index >= 15 is 0 Å². The lowest BCUT2D eigenvalue weighted by Crippen LogP contribution is -2.25. The molecular weight excluding hydrogens is 196 g/mol. The van der Waals surface area contributed by atoms with E-state index in [1.54, 1.807) is 11.3 Å². The molecule has 1 aromatic rings. The Morgan fingerprint density at radius 1 is 1.50 bits per heavy atom. The third-order valence-electron chi connectivity index (χ3n) is 2.87. The Hall–Kier alpha value is -0.670. The van der Waals surface area contributed by atoms with Crippen LogP contribution in [0.4, 0.5) is 0 Å². The first-order valence-electron chi connectivity index (χ1n) is 5.02. The van der Waals surface area contributed by atoms with E-state index in [2.05, 4.69) is 0 Å². The van der Waals surface area contributed by atoms with Crippen LogP contribution in [0.15, 0.2) is 16.8 Å². The van der Waals surface area contributed by atoms with Crippen molar-refractivity contribution >= 4 is 17.1 Å². The number of rotatable bonds is 2. The Labute approximate surface area is 87.6 Å². The molecule has 0 spiro atoms. The fraction of sp³-hybridized carbons (Fsp3) is 0.545. The Morgan fingerprint density at radius 3 is 3.00 bits per heavy atom. The van der Waals surface area contributed by atoms with Crippen LogP contribution in [0.5, 0.6) is 0 Å². The standard InChI is InChI=1S/C11H14O2S/c12-10-4-2-1-3-9(10)11(13)8-5-6-14-7-8/h5-7,9,11,13H,1-4H2/t9-,11+/m1/s1. The Morgan fingerprint density at radius 2 is 2.36 bits per heavy atom. The van der Waals surface area contributed by atoms with E-state index in [1.165, 1.54) is 0 Å². The topological polar surface area (TPSA) is 37.3 Å². The summed E-state index contributed by atoms with van der Waals surface area (Å²) < 4.78 is 0. The van der Waals surface area contributed by atoms with Crippen LogP contribution in [0, 0.1) is 5.92 Å². The van der Waals surface area contributed by atoms with E-state index in [0.29, 0.717) is 6.42 Å². The minimum Gasteiger partial charge on any atom is -0.388 e. The van der Waals surface area contributed by atoms with Crippen LogP contribution in [-0.2, 0) is 4.79 Å². The van der Waals surface area contributed by atoms with Gasteiger partial charge in [0.25, 0.3) is 0 Å². The molecule has 2 nitrogen and oxygen atoms in total. The second-order valence-corrected chi connectivity index (χ2v) is 4.60. The Bertz CT molecular complexity index is 305. The van der Waals surface area contributed by atoms with Gasteiger partial charge in [-0.3, -0.25) is 4.79 Å². The Kier molecular flexibility index (Phi) is 2.99. The molecule has 1 fully saturated rings. The number of ketones is 1. The van der Waals surface area contributed by atoms with Gasteiger partial charge in [0.15, 0.2) is 0 Å².